The Morgan fingerprint density at radius 2 is 2.05 bits per heavy atom. The van der Waals surface area contributed by atoms with Crippen LogP contribution in [0.5, 0.6) is 11.5 Å². The van der Waals surface area contributed by atoms with Crippen LogP contribution in [0.4, 0.5) is 5.69 Å². The molecule has 3 heterocycles. The Morgan fingerprint density at radius 1 is 1.24 bits per heavy atom. The molecule has 0 fully saturated rings. The van der Waals surface area contributed by atoms with Gasteiger partial charge in [-0.15, -0.1) is 11.3 Å². The first-order valence-electron chi connectivity index (χ1n) is 11.9. The number of amides is 1. The van der Waals surface area contributed by atoms with Gasteiger partial charge in [-0.1, -0.05) is 12.1 Å². The monoisotopic (exact) mass is 535 g/mol. The van der Waals surface area contributed by atoms with Crippen LogP contribution >= 0.6 is 11.3 Å². The van der Waals surface area contributed by atoms with Crippen LogP contribution in [0.15, 0.2) is 47.5 Å². The highest BCUT2D eigenvalue weighted by Crippen LogP contribution is 2.32. The van der Waals surface area contributed by atoms with Crippen molar-refractivity contribution in [1.29, 1.82) is 0 Å². The molecule has 38 heavy (non-hydrogen) atoms. The van der Waals surface area contributed by atoms with Crippen LogP contribution in [0, 0.1) is 6.92 Å². The highest BCUT2D eigenvalue weighted by molar-refractivity contribution is 7.20. The van der Waals surface area contributed by atoms with Crippen molar-refractivity contribution in [2.75, 3.05) is 25.8 Å². The van der Waals surface area contributed by atoms with Crippen molar-refractivity contribution in [2.24, 2.45) is 0 Å². The fourth-order valence-corrected chi connectivity index (χ4v) is 5.38. The lowest BCUT2D eigenvalue weighted by Crippen LogP contribution is -2.23. The summed E-state index contributed by atoms with van der Waals surface area (Å²) in [6.07, 6.45) is 1.44. The Bertz CT molecular complexity index is 1610. The number of nitrogens with one attached hydrogen (secondary N) is 1. The van der Waals surface area contributed by atoms with Gasteiger partial charge in [0.1, 0.15) is 16.3 Å². The molecular weight excluding hydrogens is 510 g/mol. The number of fused-ring (bicyclic) bond motifs is 2. The number of esters is 1. The summed E-state index contributed by atoms with van der Waals surface area (Å²) in [5.74, 6) is 0.268. The molecule has 0 spiro atoms. The Morgan fingerprint density at radius 3 is 2.84 bits per heavy atom. The Balaban J connectivity index is 1.51. The van der Waals surface area contributed by atoms with Crippen LogP contribution in [0.25, 0.3) is 10.2 Å². The van der Waals surface area contributed by atoms with Crippen LogP contribution < -0.4 is 20.3 Å². The van der Waals surface area contributed by atoms with Crippen molar-refractivity contribution in [1.82, 2.24) is 9.55 Å². The molecule has 11 heteroatoms. The number of anilines is 1. The zero-order chi connectivity index (χ0) is 26.8. The number of nitrogens with zero attached hydrogens (tertiary/aromatic N) is 2. The number of rotatable bonds is 7. The number of hydrogen-bond donors (Lipinski definition) is 1. The normalized spacial score (nSPS) is 12.5. The highest BCUT2D eigenvalue weighted by atomic mass is 32.1. The van der Waals surface area contributed by atoms with Crippen LogP contribution in [-0.4, -0.2) is 41.9 Å². The van der Waals surface area contributed by atoms with Gasteiger partial charge in [-0.05, 0) is 43.7 Å². The summed E-state index contributed by atoms with van der Waals surface area (Å²) in [6.45, 7) is 4.15. The molecule has 0 unspecified atom stereocenters. The maximum Gasteiger partial charge on any atom is 0.338 e. The number of aromatic nitrogens is 2. The minimum Gasteiger partial charge on any atom is -0.495 e. The highest BCUT2D eigenvalue weighted by Gasteiger charge is 2.23. The molecule has 0 bridgehead atoms. The molecule has 1 aliphatic rings. The molecule has 0 atom stereocenters. The second kappa shape index (κ2) is 10.6. The number of ether oxygens (including phenoxy) is 4. The average molecular weight is 536 g/mol. The van der Waals surface area contributed by atoms with Gasteiger partial charge >= 0.3 is 5.97 Å². The first-order valence-corrected chi connectivity index (χ1v) is 12.7. The molecule has 1 aliphatic heterocycles. The van der Waals surface area contributed by atoms with E-state index in [1.165, 1.54) is 18.0 Å². The number of carbonyl (C=O) groups excluding carboxylic acids is 2. The standard InChI is InChI=1S/C27H25N3O7S/c1-4-36-27(33)16-9-17(22-18(10-16)12-35-14-37-22)11-30-13-28-25-21(26(30)32)15(2)23(38-25)24(31)29-19-7-5-6-8-20(19)34-3/h5-10,13H,4,11-12,14H2,1-3H3,(H,29,31). The van der Waals surface area contributed by atoms with Gasteiger partial charge in [-0.25, -0.2) is 9.78 Å². The summed E-state index contributed by atoms with van der Waals surface area (Å²) in [4.78, 5) is 44.4. The van der Waals surface area contributed by atoms with E-state index in [4.69, 9.17) is 18.9 Å². The molecule has 1 N–H and O–H groups in total. The summed E-state index contributed by atoms with van der Waals surface area (Å²) < 4.78 is 23.0. The molecule has 5 rings (SSSR count). The van der Waals surface area contributed by atoms with Crippen LogP contribution in [0.1, 0.15) is 43.6 Å². The van der Waals surface area contributed by atoms with E-state index in [2.05, 4.69) is 10.3 Å². The number of methoxy groups -OCH3 is 1. The minimum atomic E-state index is -0.470. The van der Waals surface area contributed by atoms with E-state index in [0.717, 1.165) is 11.3 Å². The molecule has 0 saturated carbocycles. The minimum absolute atomic E-state index is 0.0687. The van der Waals surface area contributed by atoms with E-state index in [-0.39, 0.29) is 38.0 Å². The smallest absolute Gasteiger partial charge is 0.338 e. The third-order valence-electron chi connectivity index (χ3n) is 6.12. The fraction of sp³-hybridized carbons (Fsp3) is 0.259. The second-order valence-corrected chi connectivity index (χ2v) is 9.52. The predicted octanol–water partition coefficient (Wildman–Crippen LogP) is 4.12. The van der Waals surface area contributed by atoms with Crippen molar-refractivity contribution in [3.05, 3.63) is 80.2 Å². The largest absolute Gasteiger partial charge is 0.495 e. The number of benzene rings is 2. The first kappa shape index (κ1) is 25.4. The SMILES string of the molecule is CCOC(=O)c1cc2c(c(Cn3cnc4sc(C(=O)Nc5ccccc5OC)c(C)c4c3=O)c1)OCOC2. The van der Waals surface area contributed by atoms with Crippen molar-refractivity contribution in [2.45, 2.75) is 27.0 Å². The van der Waals surface area contributed by atoms with Gasteiger partial charge in [-0.2, -0.15) is 0 Å². The molecule has 10 nitrogen and oxygen atoms in total. The molecule has 196 valence electrons. The van der Waals surface area contributed by atoms with Gasteiger partial charge < -0.3 is 24.3 Å². The van der Waals surface area contributed by atoms with Gasteiger partial charge in [0.2, 0.25) is 0 Å². The molecule has 1 amide bonds. The topological polar surface area (TPSA) is 118 Å². The van der Waals surface area contributed by atoms with Crippen molar-refractivity contribution in [3.8, 4) is 11.5 Å². The van der Waals surface area contributed by atoms with Crippen molar-refractivity contribution >= 4 is 39.1 Å². The number of hydrogen-bond acceptors (Lipinski definition) is 9. The summed E-state index contributed by atoms with van der Waals surface area (Å²) in [6, 6.07) is 10.4. The molecule has 4 aromatic rings. The van der Waals surface area contributed by atoms with E-state index in [1.54, 1.807) is 44.2 Å². The number of thiophene rings is 1. The molecule has 2 aromatic carbocycles. The average Bonchev–Trinajstić information content (AvgIpc) is 3.27. The van der Waals surface area contributed by atoms with Crippen LogP contribution in [-0.2, 0) is 22.6 Å². The Labute approximate surface area is 221 Å². The lowest BCUT2D eigenvalue weighted by atomic mass is 10.0. The first-order chi connectivity index (χ1) is 18.4. The van der Waals surface area contributed by atoms with Gasteiger partial charge in [-0.3, -0.25) is 14.2 Å². The second-order valence-electron chi connectivity index (χ2n) is 8.52. The summed E-state index contributed by atoms with van der Waals surface area (Å²) in [7, 11) is 1.53. The lowest BCUT2D eigenvalue weighted by Gasteiger charge is -2.22. The van der Waals surface area contributed by atoms with Crippen LogP contribution in [0.2, 0.25) is 0 Å². The predicted molar refractivity (Wildman–Crippen MR) is 141 cm³/mol. The van der Waals surface area contributed by atoms with E-state index in [9.17, 15) is 14.4 Å². The van der Waals surface area contributed by atoms with E-state index < -0.39 is 5.97 Å². The fourth-order valence-electron chi connectivity index (χ4n) is 4.35. The summed E-state index contributed by atoms with van der Waals surface area (Å²) >= 11 is 1.15. The Hall–Kier alpha value is -4.22. The van der Waals surface area contributed by atoms with Gasteiger partial charge in [0.05, 0.1) is 54.7 Å². The third kappa shape index (κ3) is 4.73. The van der Waals surface area contributed by atoms with Crippen molar-refractivity contribution < 1.29 is 28.5 Å². The lowest BCUT2D eigenvalue weighted by molar-refractivity contribution is -0.0171. The van der Waals surface area contributed by atoms with Gasteiger partial charge in [0.25, 0.3) is 11.5 Å². The zero-order valence-electron chi connectivity index (χ0n) is 21.0. The zero-order valence-corrected chi connectivity index (χ0v) is 21.8. The van der Waals surface area contributed by atoms with E-state index in [0.29, 0.717) is 54.5 Å². The van der Waals surface area contributed by atoms with Gasteiger partial charge in [0, 0.05) is 11.1 Å². The quantitative estimate of drug-likeness (QED) is 0.351. The van der Waals surface area contributed by atoms with E-state index >= 15 is 0 Å². The van der Waals surface area contributed by atoms with Gasteiger partial charge in [0.15, 0.2) is 6.79 Å². The number of para-hydroxylation sites is 2. The van der Waals surface area contributed by atoms with Crippen molar-refractivity contribution in [3.63, 3.8) is 0 Å². The molecule has 0 saturated heterocycles. The third-order valence-corrected chi connectivity index (χ3v) is 7.32. The van der Waals surface area contributed by atoms with Crippen LogP contribution in [0.3, 0.4) is 0 Å². The maximum atomic E-state index is 13.6. The Kier molecular flexibility index (Phi) is 7.12. The molecular formula is C27H25N3O7S. The summed E-state index contributed by atoms with van der Waals surface area (Å²) in [5.41, 5.74) is 2.43. The number of carbonyl (C=O) groups is 2. The summed E-state index contributed by atoms with van der Waals surface area (Å²) in [5, 5.41) is 3.22. The number of aryl methyl sites for hydroxylation is 1. The molecule has 0 radical (unpaired) electrons. The maximum absolute atomic E-state index is 13.6. The van der Waals surface area contributed by atoms with E-state index in [1.807, 2.05) is 6.07 Å². The molecule has 0 aliphatic carbocycles. The molecule has 2 aromatic heterocycles.